The molecule has 1 aromatic rings. The van der Waals surface area contributed by atoms with E-state index in [2.05, 4.69) is 4.72 Å². The van der Waals surface area contributed by atoms with E-state index in [1.54, 1.807) is 0 Å². The van der Waals surface area contributed by atoms with Crippen LogP contribution in [0.5, 0.6) is 0 Å². The maximum Gasteiger partial charge on any atom is 0.243 e. The lowest BCUT2D eigenvalue weighted by Gasteiger charge is -2.22. The minimum absolute atomic E-state index is 0.0490. The average Bonchev–Trinajstić information content (AvgIpc) is 2.53. The molecule has 1 unspecified atom stereocenters. The highest BCUT2D eigenvalue weighted by molar-refractivity contribution is 7.89. The lowest BCUT2D eigenvalue weighted by Crippen LogP contribution is -2.34. The third-order valence-electron chi connectivity index (χ3n) is 2.27. The largest absolute Gasteiger partial charge is 0.392 e. The van der Waals surface area contributed by atoms with E-state index >= 15 is 0 Å². The van der Waals surface area contributed by atoms with Gasteiger partial charge in [0.25, 0.3) is 0 Å². The van der Waals surface area contributed by atoms with Crippen molar-refractivity contribution in [3.8, 4) is 0 Å². The second-order valence-corrected chi connectivity index (χ2v) is 9.48. The van der Waals surface area contributed by atoms with Gasteiger partial charge in [-0.05, 0) is 17.9 Å². The smallest absolute Gasteiger partial charge is 0.243 e. The second kappa shape index (κ2) is 6.28. The first-order valence-corrected chi connectivity index (χ1v) is 8.69. The van der Waals surface area contributed by atoms with Crippen LogP contribution in [-0.2, 0) is 10.0 Å². The number of rotatable bonds is 5. The highest BCUT2D eigenvalue weighted by Gasteiger charge is 2.23. The van der Waals surface area contributed by atoms with Gasteiger partial charge in [-0.1, -0.05) is 44.0 Å². The summed E-state index contributed by atoms with van der Waals surface area (Å²) in [6.45, 7) is 5.87. The Labute approximate surface area is 127 Å². The molecule has 0 aliphatic heterocycles. The summed E-state index contributed by atoms with van der Waals surface area (Å²) in [6.07, 6.45) is -0.254. The van der Waals surface area contributed by atoms with Crippen LogP contribution in [-0.4, -0.2) is 26.2 Å². The van der Waals surface area contributed by atoms with Crippen LogP contribution in [0.4, 0.5) is 0 Å². The summed E-state index contributed by atoms with van der Waals surface area (Å²) in [5, 5.41) is 9.79. The molecule has 1 heterocycles. The van der Waals surface area contributed by atoms with E-state index < -0.39 is 16.1 Å². The van der Waals surface area contributed by atoms with Crippen molar-refractivity contribution in [3.05, 3.63) is 14.7 Å². The average molecular weight is 346 g/mol. The Morgan fingerprint density at radius 1 is 1.42 bits per heavy atom. The third kappa shape index (κ3) is 5.57. The summed E-state index contributed by atoms with van der Waals surface area (Å²) in [7, 11) is -3.74. The molecule has 4 nitrogen and oxygen atoms in total. The number of aliphatic hydroxyl groups is 1. The topological polar surface area (TPSA) is 66.4 Å². The highest BCUT2D eigenvalue weighted by atomic mass is 35.5. The summed E-state index contributed by atoms with van der Waals surface area (Å²) in [4.78, 5) is -0.0490. The van der Waals surface area contributed by atoms with Crippen molar-refractivity contribution in [3.63, 3.8) is 0 Å². The number of nitrogens with one attached hydrogen (secondary N) is 1. The molecule has 8 heteroatoms. The van der Waals surface area contributed by atoms with Crippen molar-refractivity contribution in [2.45, 2.75) is 38.2 Å². The fraction of sp³-hybridized carbons (Fsp3) is 0.636. The number of aliphatic hydroxyl groups excluding tert-OH is 1. The molecule has 1 atom stereocenters. The molecular formula is C11H17Cl2NO3S2. The van der Waals surface area contributed by atoms with Gasteiger partial charge < -0.3 is 5.11 Å². The Morgan fingerprint density at radius 2 is 2.00 bits per heavy atom. The fourth-order valence-electron chi connectivity index (χ4n) is 1.57. The summed E-state index contributed by atoms with van der Waals surface area (Å²) >= 11 is 12.5. The number of hydrogen-bond donors (Lipinski definition) is 2. The summed E-state index contributed by atoms with van der Waals surface area (Å²) in [6, 6.07) is 1.30. The van der Waals surface area contributed by atoms with Gasteiger partial charge in [0.05, 0.1) is 10.4 Å². The minimum Gasteiger partial charge on any atom is -0.392 e. The van der Waals surface area contributed by atoms with Crippen LogP contribution in [0.1, 0.15) is 27.2 Å². The van der Waals surface area contributed by atoms with E-state index in [-0.39, 0.29) is 21.2 Å². The van der Waals surface area contributed by atoms with Crippen molar-refractivity contribution < 1.29 is 13.5 Å². The molecule has 0 bridgehead atoms. The van der Waals surface area contributed by atoms with Crippen LogP contribution < -0.4 is 4.72 Å². The normalized spacial score (nSPS) is 14.6. The van der Waals surface area contributed by atoms with Gasteiger partial charge in [-0.15, -0.1) is 11.3 Å². The maximum absolute atomic E-state index is 12.0. The van der Waals surface area contributed by atoms with Gasteiger partial charge in [-0.2, -0.15) is 0 Å². The quantitative estimate of drug-likeness (QED) is 0.861. The van der Waals surface area contributed by atoms with Gasteiger partial charge in [-0.25, -0.2) is 13.1 Å². The Morgan fingerprint density at radius 3 is 2.42 bits per heavy atom. The molecule has 0 aliphatic carbocycles. The Balaban J connectivity index is 2.69. The standard InChI is InChI=1S/C11H17Cl2NO3S2/c1-11(2,3)5-7(15)6-14-19(16,17)8-4-9(12)18-10(8)13/h4,7,14-15H,5-6H2,1-3H3. The molecule has 19 heavy (non-hydrogen) atoms. The van der Waals surface area contributed by atoms with Gasteiger partial charge in [0.15, 0.2) is 0 Å². The van der Waals surface area contributed by atoms with E-state index in [1.807, 2.05) is 20.8 Å². The van der Waals surface area contributed by atoms with Crippen LogP contribution in [0.2, 0.25) is 8.67 Å². The molecule has 0 radical (unpaired) electrons. The number of halogens is 2. The van der Waals surface area contributed by atoms with Crippen LogP contribution in [0.3, 0.4) is 0 Å². The molecular weight excluding hydrogens is 329 g/mol. The molecule has 1 aromatic heterocycles. The number of sulfonamides is 1. The first-order valence-electron chi connectivity index (χ1n) is 5.64. The van der Waals surface area contributed by atoms with Crippen molar-refractivity contribution >= 4 is 44.6 Å². The number of thiophene rings is 1. The second-order valence-electron chi connectivity index (χ2n) is 5.46. The van der Waals surface area contributed by atoms with Crippen LogP contribution >= 0.6 is 34.5 Å². The van der Waals surface area contributed by atoms with Gasteiger partial charge in [-0.3, -0.25) is 0 Å². The highest BCUT2D eigenvalue weighted by Crippen LogP contribution is 2.34. The molecule has 0 aromatic carbocycles. The zero-order valence-corrected chi connectivity index (χ0v) is 14.0. The van der Waals surface area contributed by atoms with Crippen molar-refractivity contribution in [1.29, 1.82) is 0 Å². The first-order chi connectivity index (χ1) is 8.51. The van der Waals surface area contributed by atoms with Crippen molar-refractivity contribution in [2.75, 3.05) is 6.54 Å². The lowest BCUT2D eigenvalue weighted by molar-refractivity contribution is 0.125. The fourth-order valence-corrected chi connectivity index (χ4v) is 4.79. The summed E-state index contributed by atoms with van der Waals surface area (Å²) in [5.41, 5.74) is -0.0752. The summed E-state index contributed by atoms with van der Waals surface area (Å²) < 4.78 is 26.7. The van der Waals surface area contributed by atoms with E-state index in [0.717, 1.165) is 11.3 Å². The molecule has 0 amide bonds. The molecule has 0 fully saturated rings. The van der Waals surface area contributed by atoms with E-state index in [4.69, 9.17) is 23.2 Å². The van der Waals surface area contributed by atoms with Crippen molar-refractivity contribution in [1.82, 2.24) is 4.72 Å². The molecule has 0 spiro atoms. The van der Waals surface area contributed by atoms with E-state index in [1.165, 1.54) is 6.07 Å². The van der Waals surface area contributed by atoms with Crippen molar-refractivity contribution in [2.24, 2.45) is 5.41 Å². The first kappa shape index (κ1) is 17.2. The van der Waals surface area contributed by atoms with Gasteiger partial charge in [0.1, 0.15) is 9.23 Å². The summed E-state index contributed by atoms with van der Waals surface area (Å²) in [5.74, 6) is 0. The Hall–Kier alpha value is 0.150. The SMILES string of the molecule is CC(C)(C)CC(O)CNS(=O)(=O)c1cc(Cl)sc1Cl. The molecule has 110 valence electrons. The molecule has 2 N–H and O–H groups in total. The van der Waals surface area contributed by atoms with Crippen LogP contribution in [0, 0.1) is 5.41 Å². The number of hydrogen-bond acceptors (Lipinski definition) is 4. The minimum atomic E-state index is -3.74. The monoisotopic (exact) mass is 345 g/mol. The molecule has 0 aliphatic rings. The third-order valence-corrected chi connectivity index (χ3v) is 5.45. The van der Waals surface area contributed by atoms with E-state index in [0.29, 0.717) is 10.8 Å². The van der Waals surface area contributed by atoms with E-state index in [9.17, 15) is 13.5 Å². The van der Waals surface area contributed by atoms with Crippen LogP contribution in [0.15, 0.2) is 11.0 Å². The van der Waals surface area contributed by atoms with Gasteiger partial charge in [0, 0.05) is 6.54 Å². The molecule has 0 saturated heterocycles. The Bertz CT molecular complexity index is 535. The zero-order valence-electron chi connectivity index (χ0n) is 10.9. The Kier molecular flexibility index (Phi) is 5.69. The predicted molar refractivity (Wildman–Crippen MR) is 79.6 cm³/mol. The van der Waals surface area contributed by atoms with Gasteiger partial charge in [0.2, 0.25) is 10.0 Å². The molecule has 0 saturated carbocycles. The zero-order chi connectivity index (χ0) is 14.8. The van der Waals surface area contributed by atoms with Gasteiger partial charge >= 0.3 is 0 Å². The maximum atomic E-state index is 12.0. The molecule has 1 rings (SSSR count). The van der Waals surface area contributed by atoms with Crippen LogP contribution in [0.25, 0.3) is 0 Å². The predicted octanol–water partition coefficient (Wildman–Crippen LogP) is 3.13. The lowest BCUT2D eigenvalue weighted by atomic mass is 9.89.